The molecule has 0 spiro atoms. The summed E-state index contributed by atoms with van der Waals surface area (Å²) in [5.41, 5.74) is 1.50. The third kappa shape index (κ3) is 2.79. The summed E-state index contributed by atoms with van der Waals surface area (Å²) in [6.07, 6.45) is 3.18. The Morgan fingerprint density at radius 2 is 2.29 bits per heavy atom. The molecule has 0 saturated heterocycles. The fraction of sp³-hybridized carbons (Fsp3) is 0.462. The minimum atomic E-state index is 0.503. The Balaban J connectivity index is 2.30. The number of rotatable bonds is 6. The number of carbonyl (C=O) groups is 1. The number of aldehydes is 1. The summed E-state index contributed by atoms with van der Waals surface area (Å²) < 4.78 is 5.11. The van der Waals surface area contributed by atoms with Crippen LogP contribution < -0.4 is 4.90 Å². The first-order valence-electron chi connectivity index (χ1n) is 5.77. The Bertz CT molecular complexity index is 404. The summed E-state index contributed by atoms with van der Waals surface area (Å²) in [6, 6.07) is 5.93. The van der Waals surface area contributed by atoms with Crippen LogP contribution in [0.25, 0.3) is 0 Å². The van der Waals surface area contributed by atoms with Gasteiger partial charge in [-0.2, -0.15) is 0 Å². The summed E-state index contributed by atoms with van der Waals surface area (Å²) in [4.78, 5) is 13.3. The molecule has 0 radical (unpaired) electrons. The van der Waals surface area contributed by atoms with Crippen molar-refractivity contribution in [3.63, 3.8) is 0 Å². The number of anilines is 1. The highest BCUT2D eigenvalue weighted by Gasteiger charge is 2.31. The molecule has 1 aliphatic carbocycles. The van der Waals surface area contributed by atoms with Gasteiger partial charge in [0, 0.05) is 25.3 Å². The highest BCUT2D eigenvalue weighted by Crippen LogP contribution is 2.37. The van der Waals surface area contributed by atoms with Crippen molar-refractivity contribution in [3.05, 3.63) is 28.8 Å². The number of para-hydroxylation sites is 1. The molecule has 0 unspecified atom stereocenters. The highest BCUT2D eigenvalue weighted by molar-refractivity contribution is 6.34. The molecule has 0 amide bonds. The van der Waals surface area contributed by atoms with E-state index in [0.717, 1.165) is 31.4 Å². The predicted molar refractivity (Wildman–Crippen MR) is 69.1 cm³/mol. The van der Waals surface area contributed by atoms with Crippen LogP contribution in [0.4, 0.5) is 5.69 Å². The van der Waals surface area contributed by atoms with Crippen molar-refractivity contribution in [2.24, 2.45) is 0 Å². The van der Waals surface area contributed by atoms with E-state index in [1.165, 1.54) is 0 Å². The van der Waals surface area contributed by atoms with Crippen LogP contribution in [0, 0.1) is 0 Å². The fourth-order valence-corrected chi connectivity index (χ4v) is 2.27. The molecule has 92 valence electrons. The van der Waals surface area contributed by atoms with Crippen molar-refractivity contribution in [1.82, 2.24) is 0 Å². The molecule has 1 saturated carbocycles. The Labute approximate surface area is 106 Å². The second kappa shape index (κ2) is 5.52. The van der Waals surface area contributed by atoms with E-state index in [9.17, 15) is 4.79 Å². The van der Waals surface area contributed by atoms with E-state index in [4.69, 9.17) is 16.3 Å². The number of benzene rings is 1. The van der Waals surface area contributed by atoms with Crippen molar-refractivity contribution >= 4 is 23.6 Å². The van der Waals surface area contributed by atoms with Gasteiger partial charge >= 0.3 is 0 Å². The second-order valence-corrected chi connectivity index (χ2v) is 4.62. The van der Waals surface area contributed by atoms with Crippen LogP contribution in [-0.4, -0.2) is 32.6 Å². The lowest BCUT2D eigenvalue weighted by Gasteiger charge is -2.26. The Hall–Kier alpha value is -1.06. The van der Waals surface area contributed by atoms with Gasteiger partial charge in [0.1, 0.15) is 0 Å². The van der Waals surface area contributed by atoms with Gasteiger partial charge < -0.3 is 9.64 Å². The zero-order valence-electron chi connectivity index (χ0n) is 9.86. The van der Waals surface area contributed by atoms with Gasteiger partial charge in [-0.1, -0.05) is 17.7 Å². The van der Waals surface area contributed by atoms with Crippen LogP contribution in [0.2, 0.25) is 5.02 Å². The van der Waals surface area contributed by atoms with E-state index in [1.807, 2.05) is 6.07 Å². The van der Waals surface area contributed by atoms with E-state index < -0.39 is 0 Å². The van der Waals surface area contributed by atoms with Crippen molar-refractivity contribution in [3.8, 4) is 0 Å². The molecule has 0 aliphatic heterocycles. The molecule has 0 bridgehead atoms. The van der Waals surface area contributed by atoms with Crippen LogP contribution in [-0.2, 0) is 4.74 Å². The van der Waals surface area contributed by atoms with E-state index in [0.29, 0.717) is 23.2 Å². The molecule has 1 aromatic carbocycles. The number of ether oxygens (including phenoxy) is 1. The summed E-state index contributed by atoms with van der Waals surface area (Å²) in [7, 11) is 1.68. The molecule has 0 N–H and O–H groups in total. The quantitative estimate of drug-likeness (QED) is 0.730. The molecular weight excluding hydrogens is 238 g/mol. The van der Waals surface area contributed by atoms with Crippen LogP contribution in [0.5, 0.6) is 0 Å². The molecule has 0 aromatic heterocycles. The maximum Gasteiger partial charge on any atom is 0.152 e. The van der Waals surface area contributed by atoms with E-state index in [-0.39, 0.29) is 0 Å². The van der Waals surface area contributed by atoms with E-state index in [2.05, 4.69) is 4.90 Å². The largest absolute Gasteiger partial charge is 0.383 e. The molecule has 4 heteroatoms. The average molecular weight is 254 g/mol. The van der Waals surface area contributed by atoms with Gasteiger partial charge in [-0.15, -0.1) is 0 Å². The third-order valence-electron chi connectivity index (χ3n) is 2.96. The summed E-state index contributed by atoms with van der Waals surface area (Å²) in [5, 5.41) is 0.637. The number of halogens is 1. The minimum Gasteiger partial charge on any atom is -0.383 e. The summed E-state index contributed by atoms with van der Waals surface area (Å²) in [6.45, 7) is 1.41. The van der Waals surface area contributed by atoms with Crippen LogP contribution in [0.1, 0.15) is 23.2 Å². The molecular formula is C13H16ClNO2. The lowest BCUT2D eigenvalue weighted by molar-refractivity contribution is 0.112. The lowest BCUT2D eigenvalue weighted by Crippen LogP contribution is -2.30. The molecule has 2 rings (SSSR count). The van der Waals surface area contributed by atoms with E-state index >= 15 is 0 Å². The van der Waals surface area contributed by atoms with Gasteiger partial charge in [0.15, 0.2) is 6.29 Å². The van der Waals surface area contributed by atoms with Crippen LogP contribution in [0.3, 0.4) is 0 Å². The first kappa shape index (κ1) is 12.4. The van der Waals surface area contributed by atoms with Crippen LogP contribution in [0.15, 0.2) is 18.2 Å². The number of carbonyl (C=O) groups excluding carboxylic acids is 1. The molecule has 0 atom stereocenters. The van der Waals surface area contributed by atoms with Gasteiger partial charge in [0.05, 0.1) is 17.3 Å². The topological polar surface area (TPSA) is 29.5 Å². The maximum atomic E-state index is 11.1. The van der Waals surface area contributed by atoms with Crippen molar-refractivity contribution in [1.29, 1.82) is 0 Å². The van der Waals surface area contributed by atoms with Crippen molar-refractivity contribution in [2.75, 3.05) is 25.2 Å². The standard InChI is InChI=1S/C13H16ClNO2/c1-17-8-7-15(11-5-6-11)13-10(9-16)3-2-4-12(13)14/h2-4,9,11H,5-8H2,1H3. The highest BCUT2D eigenvalue weighted by atomic mass is 35.5. The first-order chi connectivity index (χ1) is 8.27. The number of methoxy groups -OCH3 is 1. The van der Waals surface area contributed by atoms with Gasteiger partial charge in [-0.05, 0) is 25.0 Å². The minimum absolute atomic E-state index is 0.503. The SMILES string of the molecule is COCCN(c1c(Cl)cccc1C=O)C1CC1. The monoisotopic (exact) mass is 253 g/mol. The summed E-state index contributed by atoms with van der Waals surface area (Å²) >= 11 is 6.21. The predicted octanol–water partition coefficient (Wildman–Crippen LogP) is 2.77. The van der Waals surface area contributed by atoms with Gasteiger partial charge in [-0.25, -0.2) is 0 Å². The zero-order valence-corrected chi connectivity index (χ0v) is 10.6. The van der Waals surface area contributed by atoms with Gasteiger partial charge in [-0.3, -0.25) is 4.79 Å². The molecule has 0 heterocycles. The lowest BCUT2D eigenvalue weighted by atomic mass is 10.1. The van der Waals surface area contributed by atoms with Gasteiger partial charge in [0.25, 0.3) is 0 Å². The Kier molecular flexibility index (Phi) is 4.02. The molecule has 1 aromatic rings. The molecule has 17 heavy (non-hydrogen) atoms. The molecule has 1 aliphatic rings. The molecule has 1 fully saturated rings. The smallest absolute Gasteiger partial charge is 0.152 e. The van der Waals surface area contributed by atoms with Gasteiger partial charge in [0.2, 0.25) is 0 Å². The van der Waals surface area contributed by atoms with Crippen molar-refractivity contribution in [2.45, 2.75) is 18.9 Å². The van der Waals surface area contributed by atoms with Crippen LogP contribution >= 0.6 is 11.6 Å². The number of nitrogens with zero attached hydrogens (tertiary/aromatic N) is 1. The first-order valence-corrected chi connectivity index (χ1v) is 6.15. The Morgan fingerprint density at radius 1 is 1.53 bits per heavy atom. The van der Waals surface area contributed by atoms with E-state index in [1.54, 1.807) is 19.2 Å². The fourth-order valence-electron chi connectivity index (χ4n) is 1.98. The maximum absolute atomic E-state index is 11.1. The zero-order chi connectivity index (χ0) is 12.3. The summed E-state index contributed by atoms with van der Waals surface area (Å²) in [5.74, 6) is 0. The third-order valence-corrected chi connectivity index (χ3v) is 3.26. The number of hydrogen-bond acceptors (Lipinski definition) is 3. The van der Waals surface area contributed by atoms with Crippen molar-refractivity contribution < 1.29 is 9.53 Å². The molecule has 3 nitrogen and oxygen atoms in total. The second-order valence-electron chi connectivity index (χ2n) is 4.21. The normalized spacial score (nSPS) is 14.7. The Morgan fingerprint density at radius 3 is 2.88 bits per heavy atom. The number of hydrogen-bond donors (Lipinski definition) is 0. The average Bonchev–Trinajstić information content (AvgIpc) is 3.15.